The molecule has 2 saturated carbocycles. The van der Waals surface area contributed by atoms with Crippen LogP contribution < -0.4 is 5.32 Å². The van der Waals surface area contributed by atoms with Gasteiger partial charge in [0.25, 0.3) is 0 Å². The molecule has 2 aliphatic rings. The topological polar surface area (TPSA) is 15.3 Å². The summed E-state index contributed by atoms with van der Waals surface area (Å²) in [4.78, 5) is 2.48. The number of likely N-dealkylation sites (N-methyl/N-ethyl adjacent to an activating group) is 1. The minimum atomic E-state index is 0.400. The highest BCUT2D eigenvalue weighted by atomic mass is 15.2. The predicted octanol–water partition coefficient (Wildman–Crippen LogP) is 3.28. The quantitative estimate of drug-likeness (QED) is 0.808. The fourth-order valence-corrected chi connectivity index (χ4v) is 3.58. The Morgan fingerprint density at radius 2 is 1.94 bits per heavy atom. The van der Waals surface area contributed by atoms with E-state index in [-0.39, 0.29) is 0 Å². The Morgan fingerprint density at radius 3 is 2.44 bits per heavy atom. The van der Waals surface area contributed by atoms with E-state index < -0.39 is 0 Å². The number of hydrogen-bond donors (Lipinski definition) is 1. The van der Waals surface area contributed by atoms with Crippen LogP contribution in [0.15, 0.2) is 0 Å². The number of rotatable bonds is 5. The van der Waals surface area contributed by atoms with Gasteiger partial charge < -0.3 is 10.2 Å². The highest BCUT2D eigenvalue weighted by Gasteiger charge is 2.44. The molecule has 0 heterocycles. The average Bonchev–Trinajstić information content (AvgIpc) is 3.05. The van der Waals surface area contributed by atoms with E-state index in [4.69, 9.17) is 0 Å². The van der Waals surface area contributed by atoms with Crippen molar-refractivity contribution in [3.8, 4) is 0 Å². The van der Waals surface area contributed by atoms with E-state index in [0.29, 0.717) is 17.0 Å². The van der Waals surface area contributed by atoms with Crippen molar-refractivity contribution in [3.63, 3.8) is 0 Å². The van der Waals surface area contributed by atoms with Gasteiger partial charge in [0.1, 0.15) is 0 Å². The van der Waals surface area contributed by atoms with E-state index in [9.17, 15) is 0 Å². The standard InChI is InChI=1S/C16H32N2/c1-13-7-6-8-16(11-13,18(4)5)12-17-14(2)15(3)9-10-15/h13-14,17H,6-12H2,1-5H3. The molecule has 106 valence electrons. The van der Waals surface area contributed by atoms with Gasteiger partial charge in [0.05, 0.1) is 0 Å². The summed E-state index contributed by atoms with van der Waals surface area (Å²) < 4.78 is 0. The molecule has 2 heteroatoms. The lowest BCUT2D eigenvalue weighted by Gasteiger charge is -2.46. The van der Waals surface area contributed by atoms with Crippen LogP contribution >= 0.6 is 0 Å². The van der Waals surface area contributed by atoms with Gasteiger partial charge in [-0.05, 0) is 58.0 Å². The summed E-state index contributed by atoms with van der Waals surface area (Å²) in [7, 11) is 4.53. The molecule has 0 aromatic heterocycles. The van der Waals surface area contributed by atoms with Crippen LogP contribution in [0.2, 0.25) is 0 Å². The van der Waals surface area contributed by atoms with Gasteiger partial charge in [-0.3, -0.25) is 0 Å². The third kappa shape index (κ3) is 2.91. The molecule has 2 nitrogen and oxygen atoms in total. The lowest BCUT2D eigenvalue weighted by molar-refractivity contribution is 0.0702. The Balaban J connectivity index is 1.93. The van der Waals surface area contributed by atoms with Crippen LogP contribution in [0.3, 0.4) is 0 Å². The summed E-state index contributed by atoms with van der Waals surface area (Å²) in [5, 5.41) is 3.86. The van der Waals surface area contributed by atoms with Crippen molar-refractivity contribution in [3.05, 3.63) is 0 Å². The summed E-state index contributed by atoms with van der Waals surface area (Å²) in [6.45, 7) is 8.39. The van der Waals surface area contributed by atoms with Crippen LogP contribution in [0.4, 0.5) is 0 Å². The molecule has 0 radical (unpaired) electrons. The fourth-order valence-electron chi connectivity index (χ4n) is 3.58. The second kappa shape index (κ2) is 5.13. The molecule has 3 atom stereocenters. The number of hydrogen-bond acceptors (Lipinski definition) is 2. The Bertz CT molecular complexity index is 283. The lowest BCUT2D eigenvalue weighted by atomic mass is 9.75. The largest absolute Gasteiger partial charge is 0.312 e. The molecule has 18 heavy (non-hydrogen) atoms. The van der Waals surface area contributed by atoms with Gasteiger partial charge in [0.2, 0.25) is 0 Å². The zero-order chi connectivity index (χ0) is 13.4. The highest BCUT2D eigenvalue weighted by Crippen LogP contribution is 2.48. The van der Waals surface area contributed by atoms with Gasteiger partial charge in [0.15, 0.2) is 0 Å². The van der Waals surface area contributed by atoms with Crippen LogP contribution in [-0.2, 0) is 0 Å². The molecule has 2 aliphatic carbocycles. The average molecular weight is 252 g/mol. The van der Waals surface area contributed by atoms with E-state index >= 15 is 0 Å². The van der Waals surface area contributed by atoms with E-state index in [0.717, 1.165) is 5.92 Å². The van der Waals surface area contributed by atoms with Crippen LogP contribution in [0.25, 0.3) is 0 Å². The molecule has 0 saturated heterocycles. The van der Waals surface area contributed by atoms with Crippen LogP contribution in [0.1, 0.15) is 59.3 Å². The Hall–Kier alpha value is -0.0800. The first-order chi connectivity index (χ1) is 8.38. The third-order valence-electron chi connectivity index (χ3n) is 5.84. The zero-order valence-electron chi connectivity index (χ0n) is 13.1. The molecule has 0 spiro atoms. The second-order valence-corrected chi connectivity index (χ2v) is 7.58. The second-order valence-electron chi connectivity index (χ2n) is 7.58. The summed E-state index contributed by atoms with van der Waals surface area (Å²) >= 11 is 0. The molecular formula is C16H32N2. The summed E-state index contributed by atoms with van der Waals surface area (Å²) in [5.74, 6) is 0.884. The molecule has 1 N–H and O–H groups in total. The van der Waals surface area contributed by atoms with Gasteiger partial charge in [-0.2, -0.15) is 0 Å². The molecule has 3 unspecified atom stereocenters. The molecule has 0 aromatic rings. The summed E-state index contributed by atoms with van der Waals surface area (Å²) in [6, 6.07) is 0.673. The first-order valence-corrected chi connectivity index (χ1v) is 7.79. The Morgan fingerprint density at radius 1 is 1.28 bits per heavy atom. The maximum Gasteiger partial charge on any atom is 0.0330 e. The van der Waals surface area contributed by atoms with Crippen molar-refractivity contribution in [1.29, 1.82) is 0 Å². The maximum absolute atomic E-state index is 3.86. The van der Waals surface area contributed by atoms with Crippen molar-refractivity contribution >= 4 is 0 Å². The smallest absolute Gasteiger partial charge is 0.0330 e. The molecule has 0 aliphatic heterocycles. The normalized spacial score (nSPS) is 36.7. The van der Waals surface area contributed by atoms with Crippen molar-refractivity contribution in [1.82, 2.24) is 10.2 Å². The SMILES string of the molecule is CC1CCCC(CNC(C)C2(C)CC2)(N(C)C)C1. The van der Waals surface area contributed by atoms with Crippen LogP contribution in [-0.4, -0.2) is 37.1 Å². The van der Waals surface area contributed by atoms with E-state index in [1.54, 1.807) is 0 Å². The monoisotopic (exact) mass is 252 g/mol. The third-order valence-corrected chi connectivity index (χ3v) is 5.84. The van der Waals surface area contributed by atoms with Crippen molar-refractivity contribution in [2.45, 2.75) is 70.9 Å². The van der Waals surface area contributed by atoms with Crippen LogP contribution in [0, 0.1) is 11.3 Å². The molecular weight excluding hydrogens is 220 g/mol. The summed E-state index contributed by atoms with van der Waals surface area (Å²) in [6.07, 6.45) is 8.35. The lowest BCUT2D eigenvalue weighted by Crippen LogP contribution is -2.56. The predicted molar refractivity (Wildman–Crippen MR) is 78.9 cm³/mol. The highest BCUT2D eigenvalue weighted by molar-refractivity contribution is 5.00. The van der Waals surface area contributed by atoms with Gasteiger partial charge >= 0.3 is 0 Å². The molecule has 2 rings (SSSR count). The van der Waals surface area contributed by atoms with Crippen molar-refractivity contribution < 1.29 is 0 Å². The molecule has 2 fully saturated rings. The molecule has 0 amide bonds. The van der Waals surface area contributed by atoms with Crippen LogP contribution in [0.5, 0.6) is 0 Å². The van der Waals surface area contributed by atoms with Crippen molar-refractivity contribution in [2.75, 3.05) is 20.6 Å². The Labute approximate surface area is 114 Å². The fraction of sp³-hybridized carbons (Fsp3) is 1.00. The summed E-state index contributed by atoms with van der Waals surface area (Å²) in [5.41, 5.74) is 0.991. The van der Waals surface area contributed by atoms with Gasteiger partial charge in [-0.15, -0.1) is 0 Å². The minimum Gasteiger partial charge on any atom is -0.312 e. The minimum absolute atomic E-state index is 0.400. The first-order valence-electron chi connectivity index (χ1n) is 7.79. The van der Waals surface area contributed by atoms with Gasteiger partial charge in [0, 0.05) is 18.1 Å². The maximum atomic E-state index is 3.86. The molecule has 0 aromatic carbocycles. The van der Waals surface area contributed by atoms with Gasteiger partial charge in [-0.1, -0.05) is 26.7 Å². The van der Waals surface area contributed by atoms with E-state index in [2.05, 4.69) is 45.1 Å². The number of nitrogens with one attached hydrogen (secondary N) is 1. The van der Waals surface area contributed by atoms with E-state index in [1.807, 2.05) is 0 Å². The van der Waals surface area contributed by atoms with Gasteiger partial charge in [-0.25, -0.2) is 0 Å². The first kappa shape index (κ1) is 14.3. The molecule has 0 bridgehead atoms. The Kier molecular flexibility index (Phi) is 4.08. The van der Waals surface area contributed by atoms with Crippen molar-refractivity contribution in [2.24, 2.45) is 11.3 Å². The van der Waals surface area contributed by atoms with E-state index in [1.165, 1.54) is 45.1 Å². The zero-order valence-corrected chi connectivity index (χ0v) is 13.1. The number of nitrogens with zero attached hydrogens (tertiary/aromatic N) is 1.